The Morgan fingerprint density at radius 2 is 2.03 bits per heavy atom. The summed E-state index contributed by atoms with van der Waals surface area (Å²) in [4.78, 5) is 14.6. The van der Waals surface area contributed by atoms with Crippen LogP contribution >= 0.6 is 23.2 Å². The van der Waals surface area contributed by atoms with Gasteiger partial charge in [-0.3, -0.25) is 0 Å². The Hall–Kier alpha value is -1.49. The minimum atomic E-state index is -0.538. The molecular formula is C23H29Cl2NO3. The Bertz CT molecular complexity index is 819. The minimum absolute atomic E-state index is 0.139. The number of carbonyl (C=O) groups is 1. The number of ether oxygens (including phenoxy) is 2. The lowest BCUT2D eigenvalue weighted by Crippen LogP contribution is -2.50. The third kappa shape index (κ3) is 4.08. The van der Waals surface area contributed by atoms with Gasteiger partial charge in [0.2, 0.25) is 0 Å². The number of hydrogen-bond acceptors (Lipinski definition) is 3. The average molecular weight is 438 g/mol. The number of rotatable bonds is 6. The van der Waals surface area contributed by atoms with Crippen LogP contribution < -0.4 is 0 Å². The summed E-state index contributed by atoms with van der Waals surface area (Å²) < 4.78 is 11.7. The van der Waals surface area contributed by atoms with E-state index in [0.29, 0.717) is 29.7 Å². The normalized spacial score (nSPS) is 27.0. The van der Waals surface area contributed by atoms with E-state index in [0.717, 1.165) is 18.4 Å². The molecule has 1 saturated carbocycles. The number of amides is 1. The first-order valence-electron chi connectivity index (χ1n) is 9.87. The number of benzene rings is 1. The molecule has 0 bridgehead atoms. The van der Waals surface area contributed by atoms with Crippen molar-refractivity contribution < 1.29 is 14.3 Å². The molecule has 4 nitrogen and oxygen atoms in total. The van der Waals surface area contributed by atoms with Crippen molar-refractivity contribution in [3.63, 3.8) is 0 Å². The highest BCUT2D eigenvalue weighted by Crippen LogP contribution is 2.71. The number of halogens is 2. The zero-order valence-corrected chi connectivity index (χ0v) is 18.9. The van der Waals surface area contributed by atoms with Gasteiger partial charge in [-0.05, 0) is 51.3 Å². The van der Waals surface area contributed by atoms with Crippen LogP contribution in [-0.4, -0.2) is 42.4 Å². The molecule has 1 aromatic carbocycles. The molecule has 3 unspecified atom stereocenters. The lowest BCUT2D eigenvalue weighted by Gasteiger charge is -2.41. The molecule has 1 amide bonds. The second-order valence-corrected chi connectivity index (χ2v) is 9.79. The van der Waals surface area contributed by atoms with Gasteiger partial charge in [0.25, 0.3) is 0 Å². The van der Waals surface area contributed by atoms with Crippen LogP contribution in [0.5, 0.6) is 0 Å². The van der Waals surface area contributed by atoms with Crippen LogP contribution in [0.1, 0.15) is 39.2 Å². The molecule has 1 aliphatic carbocycles. The molecule has 1 aromatic rings. The summed E-state index contributed by atoms with van der Waals surface area (Å²) in [6, 6.07) is 5.82. The molecule has 2 fully saturated rings. The molecule has 6 heteroatoms. The summed E-state index contributed by atoms with van der Waals surface area (Å²) in [6.45, 7) is 15.0. The van der Waals surface area contributed by atoms with Gasteiger partial charge in [0.1, 0.15) is 5.60 Å². The maximum atomic E-state index is 12.8. The van der Waals surface area contributed by atoms with Gasteiger partial charge in [-0.1, -0.05) is 41.4 Å². The molecule has 1 heterocycles. The fraction of sp³-hybridized carbons (Fsp3) is 0.522. The molecule has 0 spiro atoms. The second-order valence-electron chi connectivity index (χ2n) is 8.97. The largest absolute Gasteiger partial charge is 0.444 e. The van der Waals surface area contributed by atoms with Gasteiger partial charge in [-0.25, -0.2) is 4.79 Å². The van der Waals surface area contributed by atoms with E-state index in [4.69, 9.17) is 32.7 Å². The number of nitrogens with zero attached hydrogens (tertiary/aromatic N) is 1. The van der Waals surface area contributed by atoms with E-state index in [1.807, 2.05) is 45.0 Å². The Morgan fingerprint density at radius 1 is 1.31 bits per heavy atom. The lowest BCUT2D eigenvalue weighted by atomic mass is 9.77. The number of fused-ring (bicyclic) bond motifs is 1. The highest BCUT2D eigenvalue weighted by atomic mass is 35.5. The van der Waals surface area contributed by atoms with Crippen molar-refractivity contribution >= 4 is 29.3 Å². The SMILES string of the molecule is C=CCOC(C=C)C12CN(C(=O)OC(C)(C)C)CCC1(c1ccc(Cl)c(Cl)c1)C2. The molecule has 29 heavy (non-hydrogen) atoms. The smallest absolute Gasteiger partial charge is 0.410 e. The summed E-state index contributed by atoms with van der Waals surface area (Å²) in [5.74, 6) is 0. The van der Waals surface area contributed by atoms with Crippen molar-refractivity contribution in [2.24, 2.45) is 5.41 Å². The number of hydrogen-bond donors (Lipinski definition) is 0. The summed E-state index contributed by atoms with van der Waals surface area (Å²) in [6.07, 6.45) is 4.72. The highest BCUT2D eigenvalue weighted by molar-refractivity contribution is 6.42. The second kappa shape index (κ2) is 7.98. The molecule has 0 radical (unpaired) electrons. The first kappa shape index (κ1) is 22.2. The Balaban J connectivity index is 1.94. The van der Waals surface area contributed by atoms with Crippen LogP contribution in [0.2, 0.25) is 10.0 Å². The van der Waals surface area contributed by atoms with Crippen LogP contribution in [0.25, 0.3) is 0 Å². The molecule has 2 aliphatic rings. The van der Waals surface area contributed by atoms with Crippen molar-refractivity contribution in [1.29, 1.82) is 0 Å². The number of piperidine rings is 1. The first-order valence-corrected chi connectivity index (χ1v) is 10.6. The van der Waals surface area contributed by atoms with E-state index >= 15 is 0 Å². The van der Waals surface area contributed by atoms with Gasteiger partial charge in [-0.2, -0.15) is 0 Å². The van der Waals surface area contributed by atoms with Crippen molar-refractivity contribution in [1.82, 2.24) is 4.90 Å². The Kier molecular flexibility index (Phi) is 6.11. The molecule has 1 aliphatic heterocycles. The van der Waals surface area contributed by atoms with Crippen molar-refractivity contribution in [2.45, 2.75) is 50.7 Å². The zero-order valence-electron chi connectivity index (χ0n) is 17.3. The first-order chi connectivity index (χ1) is 13.6. The van der Waals surface area contributed by atoms with Crippen molar-refractivity contribution in [3.05, 3.63) is 59.1 Å². The quantitative estimate of drug-likeness (QED) is 0.510. The van der Waals surface area contributed by atoms with Crippen LogP contribution in [0.4, 0.5) is 4.79 Å². The Labute approximate surface area is 183 Å². The highest BCUT2D eigenvalue weighted by Gasteiger charge is 2.73. The van der Waals surface area contributed by atoms with Gasteiger partial charge < -0.3 is 14.4 Å². The standard InChI is InChI=1S/C23H29Cl2NO3/c1-6-12-28-19(7-2)23-14-22(23,16-8-9-17(24)18(25)13-16)10-11-26(15-23)20(27)29-21(3,4)5/h6-9,13,19H,1-2,10-12,14-15H2,3-5H3. The Morgan fingerprint density at radius 3 is 2.62 bits per heavy atom. The molecule has 3 rings (SSSR count). The molecule has 3 atom stereocenters. The maximum Gasteiger partial charge on any atom is 0.410 e. The molecule has 0 N–H and O–H groups in total. The van der Waals surface area contributed by atoms with E-state index in [1.54, 1.807) is 11.0 Å². The van der Waals surface area contributed by atoms with Gasteiger partial charge >= 0.3 is 6.09 Å². The fourth-order valence-electron chi connectivity index (χ4n) is 4.68. The van der Waals surface area contributed by atoms with Gasteiger partial charge in [0, 0.05) is 23.9 Å². The minimum Gasteiger partial charge on any atom is -0.444 e. The third-order valence-corrected chi connectivity index (χ3v) is 6.74. The summed E-state index contributed by atoms with van der Waals surface area (Å²) in [5, 5.41) is 1.07. The molecule has 1 saturated heterocycles. The topological polar surface area (TPSA) is 38.8 Å². The van der Waals surface area contributed by atoms with E-state index in [1.165, 1.54) is 0 Å². The predicted octanol–water partition coefficient (Wildman–Crippen LogP) is 6.02. The number of carbonyl (C=O) groups excluding carboxylic acids is 1. The predicted molar refractivity (Wildman–Crippen MR) is 118 cm³/mol. The van der Waals surface area contributed by atoms with Crippen LogP contribution in [0.3, 0.4) is 0 Å². The monoisotopic (exact) mass is 437 g/mol. The number of likely N-dealkylation sites (tertiary alicyclic amines) is 1. The van der Waals surface area contributed by atoms with Gasteiger partial charge in [0.05, 0.1) is 22.8 Å². The zero-order chi connectivity index (χ0) is 21.4. The van der Waals surface area contributed by atoms with Crippen LogP contribution in [-0.2, 0) is 14.9 Å². The van der Waals surface area contributed by atoms with E-state index in [9.17, 15) is 4.79 Å². The lowest BCUT2D eigenvalue weighted by molar-refractivity contribution is -0.0132. The maximum absolute atomic E-state index is 12.8. The van der Waals surface area contributed by atoms with Crippen molar-refractivity contribution in [3.8, 4) is 0 Å². The molecule has 0 aromatic heterocycles. The summed E-state index contributed by atoms with van der Waals surface area (Å²) in [7, 11) is 0. The van der Waals surface area contributed by atoms with Crippen LogP contribution in [0.15, 0.2) is 43.5 Å². The summed E-state index contributed by atoms with van der Waals surface area (Å²) >= 11 is 12.5. The third-order valence-electron chi connectivity index (χ3n) is 6.00. The van der Waals surface area contributed by atoms with Crippen LogP contribution in [0, 0.1) is 5.41 Å². The van der Waals surface area contributed by atoms with Gasteiger partial charge in [-0.15, -0.1) is 13.2 Å². The molecule has 158 valence electrons. The van der Waals surface area contributed by atoms with E-state index < -0.39 is 5.60 Å². The van der Waals surface area contributed by atoms with Crippen molar-refractivity contribution in [2.75, 3.05) is 19.7 Å². The molecular weight excluding hydrogens is 409 g/mol. The van der Waals surface area contributed by atoms with Gasteiger partial charge in [0.15, 0.2) is 0 Å². The van der Waals surface area contributed by atoms with E-state index in [-0.39, 0.29) is 23.0 Å². The summed E-state index contributed by atoms with van der Waals surface area (Å²) in [5.41, 5.74) is 0.164. The van der Waals surface area contributed by atoms with E-state index in [2.05, 4.69) is 13.2 Å². The average Bonchev–Trinajstić information content (AvgIpc) is 3.33. The fourth-order valence-corrected chi connectivity index (χ4v) is 4.98.